The number of esters is 1. The maximum atomic E-state index is 11.8. The summed E-state index contributed by atoms with van der Waals surface area (Å²) in [5, 5.41) is 9.95. The normalized spacial score (nSPS) is 12.4. The van der Waals surface area contributed by atoms with Crippen molar-refractivity contribution in [3.05, 3.63) is 41.4 Å². The zero-order valence-electron chi connectivity index (χ0n) is 12.0. The maximum Gasteiger partial charge on any atom is 0.420 e. The Kier molecular flexibility index (Phi) is 5.62. The van der Waals surface area contributed by atoms with Crippen LogP contribution in [0, 0.1) is 0 Å². The fraction of sp³-hybridized carbons (Fsp3) is 0.467. The second-order valence-electron chi connectivity index (χ2n) is 5.53. The Morgan fingerprint density at radius 1 is 1.35 bits per heavy atom. The van der Waals surface area contributed by atoms with Gasteiger partial charge in [-0.05, 0) is 39.2 Å². The fourth-order valence-electron chi connectivity index (χ4n) is 1.66. The van der Waals surface area contributed by atoms with Gasteiger partial charge in [0.15, 0.2) is 6.10 Å². The molecule has 0 aromatic heterocycles. The van der Waals surface area contributed by atoms with Gasteiger partial charge in [0.25, 0.3) is 0 Å². The summed E-state index contributed by atoms with van der Waals surface area (Å²) in [5.41, 5.74) is 8.86. The Balaban J connectivity index is 2.62. The van der Waals surface area contributed by atoms with Gasteiger partial charge in [0.2, 0.25) is 0 Å². The number of hydrogen-bond donors (Lipinski definition) is 1. The van der Waals surface area contributed by atoms with Gasteiger partial charge in [0, 0.05) is 0 Å². The monoisotopic (exact) mass is 276 g/mol. The van der Waals surface area contributed by atoms with E-state index in [1.807, 2.05) is 30.3 Å². The topological polar surface area (TPSA) is 82.9 Å². The third kappa shape index (κ3) is 5.34. The average Bonchev–Trinajstić information content (AvgIpc) is 2.36. The lowest BCUT2D eigenvalue weighted by Crippen LogP contribution is -2.36. The molecule has 0 amide bonds. The molecule has 0 bridgehead atoms. The number of rotatable bonds is 5. The molecule has 0 heterocycles. The first-order valence-electron chi connectivity index (χ1n) is 6.51. The third-order valence-electron chi connectivity index (χ3n) is 2.58. The molecule has 0 aliphatic rings. The van der Waals surface area contributed by atoms with Crippen LogP contribution in [0.4, 0.5) is 0 Å². The molecule has 0 aliphatic heterocycles. The molecule has 5 heteroatoms. The summed E-state index contributed by atoms with van der Waals surface area (Å²) in [7, 11) is 0. The van der Waals surface area contributed by atoms with E-state index in [-0.39, 0.29) is 12.1 Å². The van der Waals surface area contributed by atoms with E-state index in [1.165, 1.54) is 0 Å². The zero-order chi connectivity index (χ0) is 15.2. The molecule has 1 N–H and O–H groups in total. The van der Waals surface area contributed by atoms with Crippen LogP contribution in [0.25, 0.3) is 5.53 Å². The van der Waals surface area contributed by atoms with Crippen molar-refractivity contribution in [1.82, 2.24) is 0 Å². The highest BCUT2D eigenvalue weighted by Crippen LogP contribution is 2.10. The fourth-order valence-corrected chi connectivity index (χ4v) is 1.66. The standard InChI is InChI=1S/C15H20N2O3/c1-15(2,3)20-14(19)13(17-16)12(18)10-9-11-7-5-4-6-8-11/h4-8,12,18H,9-10H2,1-3H3/t12-/m1/s1. The molecule has 5 nitrogen and oxygen atoms in total. The summed E-state index contributed by atoms with van der Waals surface area (Å²) in [5.74, 6) is -0.805. The quantitative estimate of drug-likeness (QED) is 0.386. The number of ether oxygens (including phenoxy) is 1. The minimum atomic E-state index is -1.16. The molecule has 1 rings (SSSR count). The Bertz CT molecular complexity index is 500. The van der Waals surface area contributed by atoms with E-state index >= 15 is 0 Å². The molecule has 20 heavy (non-hydrogen) atoms. The molecule has 0 radical (unpaired) electrons. The summed E-state index contributed by atoms with van der Waals surface area (Å²) in [6.45, 7) is 5.11. The van der Waals surface area contributed by atoms with E-state index in [2.05, 4.69) is 4.79 Å². The van der Waals surface area contributed by atoms with Gasteiger partial charge in [-0.1, -0.05) is 30.3 Å². The smallest absolute Gasteiger partial charge is 0.420 e. The number of aliphatic hydroxyl groups is 1. The molecule has 0 spiro atoms. The van der Waals surface area contributed by atoms with Gasteiger partial charge in [-0.25, -0.2) is 4.79 Å². The number of aryl methyl sites for hydroxylation is 1. The summed E-state index contributed by atoms with van der Waals surface area (Å²) >= 11 is 0. The molecule has 0 aliphatic carbocycles. The molecule has 0 saturated carbocycles. The number of carbonyl (C=O) groups is 1. The molecule has 0 saturated heterocycles. The van der Waals surface area contributed by atoms with E-state index in [9.17, 15) is 9.90 Å². The Morgan fingerprint density at radius 3 is 2.45 bits per heavy atom. The summed E-state index contributed by atoms with van der Waals surface area (Å²) in [6.07, 6.45) is -0.304. The van der Waals surface area contributed by atoms with Crippen LogP contribution in [0.5, 0.6) is 0 Å². The van der Waals surface area contributed by atoms with Crippen molar-refractivity contribution in [3.8, 4) is 0 Å². The molecule has 108 valence electrons. The van der Waals surface area contributed by atoms with Crippen molar-refractivity contribution < 1.29 is 19.4 Å². The maximum absolute atomic E-state index is 11.8. The molecular weight excluding hydrogens is 256 g/mol. The van der Waals surface area contributed by atoms with Gasteiger partial charge in [0.05, 0.1) is 0 Å². The second-order valence-corrected chi connectivity index (χ2v) is 5.53. The number of aliphatic hydroxyl groups excluding tert-OH is 1. The summed E-state index contributed by atoms with van der Waals surface area (Å²) in [6, 6.07) is 9.56. The van der Waals surface area contributed by atoms with Crippen LogP contribution < -0.4 is 0 Å². The van der Waals surface area contributed by atoms with Crippen molar-refractivity contribution in [2.24, 2.45) is 0 Å². The predicted molar refractivity (Wildman–Crippen MR) is 75.2 cm³/mol. The minimum Gasteiger partial charge on any atom is -0.451 e. The summed E-state index contributed by atoms with van der Waals surface area (Å²) < 4.78 is 5.07. The predicted octanol–water partition coefficient (Wildman–Crippen LogP) is 1.99. The van der Waals surface area contributed by atoms with Crippen LogP contribution in [0.15, 0.2) is 30.3 Å². The van der Waals surface area contributed by atoms with E-state index in [0.29, 0.717) is 6.42 Å². The lowest BCUT2D eigenvalue weighted by atomic mass is 10.0. The number of benzene rings is 1. The van der Waals surface area contributed by atoms with E-state index in [1.54, 1.807) is 20.8 Å². The average molecular weight is 276 g/mol. The first kappa shape index (κ1) is 16.1. The van der Waals surface area contributed by atoms with Crippen LogP contribution in [-0.4, -0.2) is 33.3 Å². The van der Waals surface area contributed by atoms with Gasteiger partial charge in [-0.3, -0.25) is 0 Å². The molecular formula is C15H20N2O3. The van der Waals surface area contributed by atoms with Gasteiger partial charge in [0.1, 0.15) is 5.60 Å². The van der Waals surface area contributed by atoms with Crippen molar-refractivity contribution in [2.75, 3.05) is 0 Å². The zero-order valence-corrected chi connectivity index (χ0v) is 12.0. The van der Waals surface area contributed by atoms with E-state index < -0.39 is 17.7 Å². The van der Waals surface area contributed by atoms with Gasteiger partial charge in [-0.2, -0.15) is 4.79 Å². The largest absolute Gasteiger partial charge is 0.451 e. The van der Waals surface area contributed by atoms with Crippen molar-refractivity contribution in [3.63, 3.8) is 0 Å². The van der Waals surface area contributed by atoms with Crippen LogP contribution in [-0.2, 0) is 16.0 Å². The lowest BCUT2D eigenvalue weighted by Gasteiger charge is -2.18. The van der Waals surface area contributed by atoms with E-state index in [0.717, 1.165) is 5.56 Å². The highest BCUT2D eigenvalue weighted by molar-refractivity contribution is 6.35. The molecule has 0 fully saturated rings. The summed E-state index contributed by atoms with van der Waals surface area (Å²) in [4.78, 5) is 14.6. The van der Waals surface area contributed by atoms with Crippen LogP contribution in [0.3, 0.4) is 0 Å². The number of carbonyl (C=O) groups excluding carboxylic acids is 1. The Morgan fingerprint density at radius 2 is 1.95 bits per heavy atom. The molecule has 0 unspecified atom stereocenters. The highest BCUT2D eigenvalue weighted by atomic mass is 16.6. The second kappa shape index (κ2) is 6.98. The van der Waals surface area contributed by atoms with Crippen LogP contribution in [0.1, 0.15) is 32.8 Å². The molecule has 1 aromatic carbocycles. The minimum absolute atomic E-state index is 0.280. The molecule has 1 atom stereocenters. The Hall–Kier alpha value is -1.97. The number of nitrogens with zero attached hydrogens (tertiary/aromatic N) is 2. The Labute approximate surface area is 118 Å². The van der Waals surface area contributed by atoms with Crippen molar-refractivity contribution in [1.29, 1.82) is 0 Å². The van der Waals surface area contributed by atoms with Crippen molar-refractivity contribution >= 4 is 11.7 Å². The van der Waals surface area contributed by atoms with Crippen molar-refractivity contribution in [2.45, 2.75) is 45.3 Å². The molecule has 1 aromatic rings. The van der Waals surface area contributed by atoms with Crippen LogP contribution in [0.2, 0.25) is 0 Å². The lowest BCUT2D eigenvalue weighted by molar-refractivity contribution is -0.152. The SMILES string of the molecule is CC(C)(C)OC(=O)C(=[N+]=[N-])[C@H](O)CCc1ccccc1. The van der Waals surface area contributed by atoms with Gasteiger partial charge in [-0.15, -0.1) is 0 Å². The van der Waals surface area contributed by atoms with Crippen LogP contribution >= 0.6 is 0 Å². The van der Waals surface area contributed by atoms with E-state index in [4.69, 9.17) is 10.3 Å². The first-order chi connectivity index (χ1) is 9.33. The van der Waals surface area contributed by atoms with Gasteiger partial charge < -0.3 is 15.4 Å². The van der Waals surface area contributed by atoms with Gasteiger partial charge >= 0.3 is 11.7 Å². The first-order valence-corrected chi connectivity index (χ1v) is 6.51. The highest BCUT2D eigenvalue weighted by Gasteiger charge is 2.33. The number of hydrogen-bond acceptors (Lipinski definition) is 3. The third-order valence-corrected chi connectivity index (χ3v) is 2.58.